The Kier molecular flexibility index (Phi) is 8.26. The molecule has 1 atom stereocenters. The molecule has 1 N–H and O–H groups in total. The van der Waals surface area contributed by atoms with Gasteiger partial charge in [0.25, 0.3) is 0 Å². The Labute approximate surface area is 221 Å². The Morgan fingerprint density at radius 3 is 2.13 bits per heavy atom. The lowest BCUT2D eigenvalue weighted by molar-refractivity contribution is -0.137. The minimum atomic E-state index is -0.935. The number of hydrogen-bond donors (Lipinski definition) is 1. The molecule has 7 heteroatoms. The van der Waals surface area contributed by atoms with E-state index in [4.69, 9.17) is 13.9 Å². The van der Waals surface area contributed by atoms with Crippen molar-refractivity contribution in [3.8, 4) is 5.75 Å². The van der Waals surface area contributed by atoms with E-state index in [9.17, 15) is 14.4 Å². The van der Waals surface area contributed by atoms with Crippen LogP contribution in [-0.2, 0) is 22.6 Å². The van der Waals surface area contributed by atoms with Crippen LogP contribution in [0.2, 0.25) is 0 Å². The molecule has 4 rings (SSSR count). The monoisotopic (exact) mass is 513 g/mol. The zero-order chi connectivity index (χ0) is 27.2. The van der Waals surface area contributed by atoms with Crippen molar-refractivity contribution in [2.24, 2.45) is 5.92 Å². The second-order valence-electron chi connectivity index (χ2n) is 9.57. The first-order valence-electron chi connectivity index (χ1n) is 12.5. The highest BCUT2D eigenvalue weighted by atomic mass is 16.6. The molecule has 0 unspecified atom stereocenters. The summed E-state index contributed by atoms with van der Waals surface area (Å²) in [6.45, 7) is 7.31. The van der Waals surface area contributed by atoms with Crippen LogP contribution in [-0.4, -0.2) is 18.1 Å². The largest absolute Gasteiger partial charge is 0.445 e. The van der Waals surface area contributed by atoms with Crippen molar-refractivity contribution in [2.45, 2.75) is 46.8 Å². The Bertz CT molecular complexity index is 1490. The van der Waals surface area contributed by atoms with E-state index in [1.54, 1.807) is 32.9 Å². The molecule has 0 saturated heterocycles. The van der Waals surface area contributed by atoms with Gasteiger partial charge in [0.15, 0.2) is 0 Å². The van der Waals surface area contributed by atoms with E-state index >= 15 is 0 Å². The van der Waals surface area contributed by atoms with Crippen LogP contribution in [0.25, 0.3) is 11.0 Å². The second-order valence-corrected chi connectivity index (χ2v) is 9.57. The van der Waals surface area contributed by atoms with Crippen molar-refractivity contribution in [1.82, 2.24) is 5.32 Å². The summed E-state index contributed by atoms with van der Waals surface area (Å²) in [7, 11) is 0. The van der Waals surface area contributed by atoms with Crippen LogP contribution in [0.5, 0.6) is 5.75 Å². The topological polar surface area (TPSA) is 94.8 Å². The fraction of sp³-hybridized carbons (Fsp3) is 0.258. The van der Waals surface area contributed by atoms with E-state index < -0.39 is 23.7 Å². The summed E-state index contributed by atoms with van der Waals surface area (Å²) in [4.78, 5) is 38.3. The van der Waals surface area contributed by atoms with E-state index in [0.717, 1.165) is 22.1 Å². The third-order valence-electron chi connectivity index (χ3n) is 6.50. The van der Waals surface area contributed by atoms with Gasteiger partial charge in [0.05, 0.1) is 0 Å². The maximum Gasteiger partial charge on any atom is 0.408 e. The molecule has 196 valence electrons. The highest BCUT2D eigenvalue weighted by molar-refractivity contribution is 5.88. The number of aryl methyl sites for hydroxylation is 2. The molecule has 38 heavy (non-hydrogen) atoms. The number of carbonyl (C=O) groups is 2. The molecule has 0 aliphatic rings. The number of ether oxygens (including phenoxy) is 2. The van der Waals surface area contributed by atoms with Crippen molar-refractivity contribution in [2.75, 3.05) is 0 Å². The number of esters is 1. The SMILES string of the molecule is Cc1c(Cc2ccccc2)c(=O)oc2c(C)c(OC(=O)[C@H](NC(=O)OCc3ccccc3)C(C)C)ccc12. The average molecular weight is 514 g/mol. The van der Waals surface area contributed by atoms with Crippen molar-refractivity contribution >= 4 is 23.0 Å². The smallest absolute Gasteiger partial charge is 0.408 e. The summed E-state index contributed by atoms with van der Waals surface area (Å²) in [6, 6.07) is 21.5. The van der Waals surface area contributed by atoms with Crippen molar-refractivity contribution < 1.29 is 23.5 Å². The van der Waals surface area contributed by atoms with Crippen molar-refractivity contribution in [3.63, 3.8) is 0 Å². The molecule has 0 radical (unpaired) electrons. The van der Waals surface area contributed by atoms with Crippen LogP contribution in [0.15, 0.2) is 82.0 Å². The highest BCUT2D eigenvalue weighted by Crippen LogP contribution is 2.30. The maximum atomic E-state index is 13.1. The molecular formula is C31H31NO6. The number of alkyl carbamates (subject to hydrolysis) is 1. The van der Waals surface area contributed by atoms with Crippen LogP contribution in [0, 0.1) is 19.8 Å². The Morgan fingerprint density at radius 1 is 0.868 bits per heavy atom. The van der Waals surface area contributed by atoms with Crippen LogP contribution in [0.4, 0.5) is 4.79 Å². The first-order chi connectivity index (χ1) is 18.2. The molecule has 0 bridgehead atoms. The molecule has 1 heterocycles. The molecule has 7 nitrogen and oxygen atoms in total. The molecule has 4 aromatic rings. The molecular weight excluding hydrogens is 482 g/mol. The predicted octanol–water partition coefficient (Wildman–Crippen LogP) is 5.86. The molecule has 1 aromatic heterocycles. The number of fused-ring (bicyclic) bond motifs is 1. The lowest BCUT2D eigenvalue weighted by Gasteiger charge is -2.21. The Hall–Kier alpha value is -4.39. The number of carbonyl (C=O) groups excluding carboxylic acids is 2. The van der Waals surface area contributed by atoms with Gasteiger partial charge in [0.2, 0.25) is 0 Å². The minimum absolute atomic E-state index is 0.0843. The van der Waals surface area contributed by atoms with Crippen LogP contribution in [0.1, 0.15) is 41.7 Å². The average Bonchev–Trinajstić information content (AvgIpc) is 2.91. The van der Waals surface area contributed by atoms with Crippen LogP contribution < -0.4 is 15.7 Å². The molecule has 0 fully saturated rings. The van der Waals surface area contributed by atoms with Crippen LogP contribution in [0.3, 0.4) is 0 Å². The molecule has 1 amide bonds. The molecule has 0 saturated carbocycles. The van der Waals surface area contributed by atoms with Gasteiger partial charge in [-0.1, -0.05) is 74.5 Å². The van der Waals surface area contributed by atoms with Gasteiger partial charge in [0.1, 0.15) is 24.0 Å². The summed E-state index contributed by atoms with van der Waals surface area (Å²) in [5.41, 5.74) is 3.73. The number of nitrogens with one attached hydrogen (secondary N) is 1. The summed E-state index contributed by atoms with van der Waals surface area (Å²) < 4.78 is 16.6. The lowest BCUT2D eigenvalue weighted by atomic mass is 9.98. The van der Waals surface area contributed by atoms with Gasteiger partial charge in [-0.2, -0.15) is 0 Å². The third-order valence-corrected chi connectivity index (χ3v) is 6.50. The fourth-order valence-electron chi connectivity index (χ4n) is 4.25. The first kappa shape index (κ1) is 26.7. The summed E-state index contributed by atoms with van der Waals surface area (Å²) >= 11 is 0. The number of amides is 1. The van der Waals surface area contributed by atoms with Crippen LogP contribution >= 0.6 is 0 Å². The van der Waals surface area contributed by atoms with Gasteiger partial charge in [-0.25, -0.2) is 14.4 Å². The predicted molar refractivity (Wildman–Crippen MR) is 145 cm³/mol. The molecule has 3 aromatic carbocycles. The summed E-state index contributed by atoms with van der Waals surface area (Å²) in [6.07, 6.45) is -0.254. The van der Waals surface area contributed by atoms with E-state index in [2.05, 4.69) is 5.32 Å². The zero-order valence-corrected chi connectivity index (χ0v) is 21.9. The van der Waals surface area contributed by atoms with E-state index in [-0.39, 0.29) is 18.3 Å². The van der Waals surface area contributed by atoms with Gasteiger partial charge in [-0.3, -0.25) is 0 Å². The Morgan fingerprint density at radius 2 is 1.50 bits per heavy atom. The van der Waals surface area contributed by atoms with Crippen molar-refractivity contribution in [1.29, 1.82) is 0 Å². The quantitative estimate of drug-likeness (QED) is 0.180. The van der Waals surface area contributed by atoms with Gasteiger partial charge >= 0.3 is 17.7 Å². The number of benzene rings is 3. The normalized spacial score (nSPS) is 11.8. The van der Waals surface area contributed by atoms with E-state index in [0.29, 0.717) is 23.1 Å². The number of rotatable bonds is 8. The van der Waals surface area contributed by atoms with Crippen molar-refractivity contribution in [3.05, 3.63) is 111 Å². The third kappa shape index (κ3) is 6.11. The molecule has 0 aliphatic carbocycles. The lowest BCUT2D eigenvalue weighted by Crippen LogP contribution is -2.46. The summed E-state index contributed by atoms with van der Waals surface area (Å²) in [5.74, 6) is -0.641. The maximum absolute atomic E-state index is 13.1. The summed E-state index contributed by atoms with van der Waals surface area (Å²) in [5, 5.41) is 3.38. The van der Waals surface area contributed by atoms with Gasteiger partial charge < -0.3 is 19.2 Å². The van der Waals surface area contributed by atoms with Gasteiger partial charge in [-0.05, 0) is 48.6 Å². The highest BCUT2D eigenvalue weighted by Gasteiger charge is 2.28. The van der Waals surface area contributed by atoms with Gasteiger partial charge in [-0.15, -0.1) is 0 Å². The zero-order valence-electron chi connectivity index (χ0n) is 21.9. The first-order valence-corrected chi connectivity index (χ1v) is 12.5. The fourth-order valence-corrected chi connectivity index (χ4v) is 4.25. The van der Waals surface area contributed by atoms with E-state index in [1.165, 1.54) is 0 Å². The molecule has 0 spiro atoms. The molecule has 0 aliphatic heterocycles. The van der Waals surface area contributed by atoms with E-state index in [1.807, 2.05) is 67.6 Å². The standard InChI is InChI=1S/C31H31NO6/c1-19(2)27(32-31(35)36-18-23-13-9-6-10-14-23)30(34)37-26-16-15-24-20(3)25(17-22-11-7-5-8-12-22)29(33)38-28(24)21(26)4/h5-16,19,27H,17-18H2,1-4H3,(H,32,35)/t27-/m1/s1. The number of hydrogen-bond acceptors (Lipinski definition) is 6. The second kappa shape index (κ2) is 11.8. The minimum Gasteiger partial charge on any atom is -0.445 e. The Balaban J connectivity index is 1.51. The van der Waals surface area contributed by atoms with Gasteiger partial charge in [0, 0.05) is 22.9 Å².